The van der Waals surface area contributed by atoms with E-state index in [2.05, 4.69) is 15.7 Å². The molecular formula is C11H20N4O2. The van der Waals surface area contributed by atoms with E-state index in [1.807, 2.05) is 14.0 Å². The van der Waals surface area contributed by atoms with Gasteiger partial charge in [-0.15, -0.1) is 0 Å². The standard InChI is InChI=1S/C11H20N4O2/c1-8(16)4-5-12-11(17)13-6-10-7-14-15(3)9(10)2/h7-8,16H,4-6H2,1-3H3,(H2,12,13,17). The number of hydrogen-bond donors (Lipinski definition) is 3. The van der Waals surface area contributed by atoms with Gasteiger partial charge in [0.2, 0.25) is 0 Å². The molecule has 1 unspecified atom stereocenters. The summed E-state index contributed by atoms with van der Waals surface area (Å²) in [6.45, 7) is 4.57. The molecule has 0 aromatic carbocycles. The lowest BCUT2D eigenvalue weighted by Gasteiger charge is -2.08. The van der Waals surface area contributed by atoms with E-state index in [1.165, 1.54) is 0 Å². The van der Waals surface area contributed by atoms with Crippen LogP contribution < -0.4 is 10.6 Å². The molecule has 6 heteroatoms. The van der Waals surface area contributed by atoms with E-state index < -0.39 is 6.10 Å². The molecule has 0 radical (unpaired) electrons. The van der Waals surface area contributed by atoms with Crippen molar-refractivity contribution in [2.45, 2.75) is 32.9 Å². The third kappa shape index (κ3) is 4.44. The van der Waals surface area contributed by atoms with Crippen LogP contribution in [-0.2, 0) is 13.6 Å². The lowest BCUT2D eigenvalue weighted by Crippen LogP contribution is -2.36. The monoisotopic (exact) mass is 240 g/mol. The molecule has 1 heterocycles. The molecule has 0 bridgehead atoms. The number of aliphatic hydroxyl groups excluding tert-OH is 1. The fraction of sp³-hybridized carbons (Fsp3) is 0.636. The fourth-order valence-electron chi connectivity index (χ4n) is 1.35. The Morgan fingerprint density at radius 2 is 2.29 bits per heavy atom. The van der Waals surface area contributed by atoms with Gasteiger partial charge in [0.05, 0.1) is 12.3 Å². The average molecular weight is 240 g/mol. The van der Waals surface area contributed by atoms with E-state index in [-0.39, 0.29) is 6.03 Å². The van der Waals surface area contributed by atoms with Crippen molar-refractivity contribution < 1.29 is 9.90 Å². The minimum Gasteiger partial charge on any atom is -0.393 e. The Bertz CT molecular complexity index is 374. The van der Waals surface area contributed by atoms with Crippen LogP contribution in [0.4, 0.5) is 4.79 Å². The van der Waals surface area contributed by atoms with E-state index in [0.29, 0.717) is 19.5 Å². The van der Waals surface area contributed by atoms with Crippen LogP contribution in [0.1, 0.15) is 24.6 Å². The van der Waals surface area contributed by atoms with E-state index in [9.17, 15) is 4.79 Å². The summed E-state index contributed by atoms with van der Waals surface area (Å²) in [5.74, 6) is 0. The third-order valence-electron chi connectivity index (χ3n) is 2.62. The fourth-order valence-corrected chi connectivity index (χ4v) is 1.35. The number of hydrogen-bond acceptors (Lipinski definition) is 3. The number of carbonyl (C=O) groups is 1. The van der Waals surface area contributed by atoms with Crippen molar-refractivity contribution in [3.05, 3.63) is 17.5 Å². The number of nitrogens with one attached hydrogen (secondary N) is 2. The van der Waals surface area contributed by atoms with Gasteiger partial charge >= 0.3 is 6.03 Å². The van der Waals surface area contributed by atoms with Crippen molar-refractivity contribution in [3.8, 4) is 0 Å². The molecule has 0 fully saturated rings. The number of aliphatic hydroxyl groups is 1. The molecule has 0 aliphatic rings. The highest BCUT2D eigenvalue weighted by atomic mass is 16.3. The summed E-state index contributed by atoms with van der Waals surface area (Å²) in [4.78, 5) is 11.4. The first-order chi connectivity index (χ1) is 8.00. The van der Waals surface area contributed by atoms with Crippen molar-refractivity contribution in [1.82, 2.24) is 20.4 Å². The lowest BCUT2D eigenvalue weighted by atomic mass is 10.2. The summed E-state index contributed by atoms with van der Waals surface area (Å²) < 4.78 is 1.77. The Balaban J connectivity index is 2.26. The minimum absolute atomic E-state index is 0.228. The molecule has 6 nitrogen and oxygen atoms in total. The zero-order valence-electron chi connectivity index (χ0n) is 10.5. The van der Waals surface area contributed by atoms with Gasteiger partial charge in [-0.1, -0.05) is 0 Å². The second kappa shape index (κ2) is 6.24. The highest BCUT2D eigenvalue weighted by Gasteiger charge is 2.05. The molecule has 1 rings (SSSR count). The van der Waals surface area contributed by atoms with Crippen LogP contribution in [0.25, 0.3) is 0 Å². The molecule has 2 amide bonds. The van der Waals surface area contributed by atoms with Crippen LogP contribution in [0.5, 0.6) is 0 Å². The predicted octanol–water partition coefficient (Wildman–Crippen LogP) is 0.299. The quantitative estimate of drug-likeness (QED) is 0.692. The van der Waals surface area contributed by atoms with Gasteiger partial charge < -0.3 is 15.7 Å². The first kappa shape index (κ1) is 13.5. The van der Waals surface area contributed by atoms with Crippen molar-refractivity contribution in [2.24, 2.45) is 7.05 Å². The van der Waals surface area contributed by atoms with Crippen LogP contribution in [0.2, 0.25) is 0 Å². The van der Waals surface area contributed by atoms with Gasteiger partial charge in [0.25, 0.3) is 0 Å². The normalized spacial score (nSPS) is 12.2. The largest absolute Gasteiger partial charge is 0.393 e. The molecule has 0 spiro atoms. The Morgan fingerprint density at radius 3 is 2.82 bits per heavy atom. The van der Waals surface area contributed by atoms with Crippen LogP contribution in [0.15, 0.2) is 6.20 Å². The third-order valence-corrected chi connectivity index (χ3v) is 2.62. The maximum Gasteiger partial charge on any atom is 0.315 e. The van der Waals surface area contributed by atoms with E-state index in [0.717, 1.165) is 11.3 Å². The molecule has 0 aliphatic carbocycles. The Labute approximate surface area is 101 Å². The zero-order chi connectivity index (χ0) is 12.8. The maximum atomic E-state index is 11.4. The van der Waals surface area contributed by atoms with Gasteiger partial charge in [-0.05, 0) is 20.3 Å². The number of carbonyl (C=O) groups excluding carboxylic acids is 1. The number of aryl methyl sites for hydroxylation is 1. The number of urea groups is 1. The van der Waals surface area contributed by atoms with Crippen molar-refractivity contribution in [3.63, 3.8) is 0 Å². The molecule has 96 valence electrons. The average Bonchev–Trinajstić information content (AvgIpc) is 2.57. The first-order valence-electron chi connectivity index (χ1n) is 5.68. The summed E-state index contributed by atoms with van der Waals surface area (Å²) in [5, 5.41) is 18.5. The van der Waals surface area contributed by atoms with Gasteiger partial charge in [-0.2, -0.15) is 5.10 Å². The maximum absolute atomic E-state index is 11.4. The Morgan fingerprint density at radius 1 is 1.59 bits per heavy atom. The summed E-state index contributed by atoms with van der Waals surface area (Å²) >= 11 is 0. The van der Waals surface area contributed by atoms with Crippen LogP contribution >= 0.6 is 0 Å². The minimum atomic E-state index is -0.393. The van der Waals surface area contributed by atoms with Crippen LogP contribution in [0, 0.1) is 6.92 Å². The first-order valence-corrected chi connectivity index (χ1v) is 5.68. The van der Waals surface area contributed by atoms with Gasteiger partial charge in [0.15, 0.2) is 0 Å². The molecule has 0 aliphatic heterocycles. The summed E-state index contributed by atoms with van der Waals surface area (Å²) in [5.41, 5.74) is 2.03. The molecule has 1 aromatic heterocycles. The summed E-state index contributed by atoms with van der Waals surface area (Å²) in [6, 6.07) is -0.228. The molecule has 0 saturated carbocycles. The van der Waals surface area contributed by atoms with Gasteiger partial charge in [-0.25, -0.2) is 4.79 Å². The molecule has 3 N–H and O–H groups in total. The number of amides is 2. The zero-order valence-corrected chi connectivity index (χ0v) is 10.5. The highest BCUT2D eigenvalue weighted by Crippen LogP contribution is 2.04. The topological polar surface area (TPSA) is 79.2 Å². The highest BCUT2D eigenvalue weighted by molar-refractivity contribution is 5.73. The summed E-state index contributed by atoms with van der Waals surface area (Å²) in [6.07, 6.45) is 1.90. The number of aromatic nitrogens is 2. The number of nitrogens with zero attached hydrogens (tertiary/aromatic N) is 2. The second-order valence-corrected chi connectivity index (χ2v) is 4.13. The van der Waals surface area contributed by atoms with Crippen LogP contribution in [-0.4, -0.2) is 33.6 Å². The van der Waals surface area contributed by atoms with Crippen molar-refractivity contribution in [1.29, 1.82) is 0 Å². The lowest BCUT2D eigenvalue weighted by molar-refractivity contribution is 0.183. The predicted molar refractivity (Wildman–Crippen MR) is 64.5 cm³/mol. The van der Waals surface area contributed by atoms with Gasteiger partial charge in [-0.3, -0.25) is 4.68 Å². The number of rotatable bonds is 5. The SMILES string of the molecule is Cc1c(CNC(=O)NCCC(C)O)cnn1C. The van der Waals surface area contributed by atoms with Gasteiger partial charge in [0, 0.05) is 31.4 Å². The van der Waals surface area contributed by atoms with E-state index >= 15 is 0 Å². The Kier molecular flexibility index (Phi) is 4.96. The van der Waals surface area contributed by atoms with E-state index in [4.69, 9.17) is 5.11 Å². The molecule has 0 saturated heterocycles. The van der Waals surface area contributed by atoms with Crippen molar-refractivity contribution in [2.75, 3.05) is 6.54 Å². The molecule has 1 aromatic rings. The second-order valence-electron chi connectivity index (χ2n) is 4.13. The molecular weight excluding hydrogens is 220 g/mol. The molecule has 17 heavy (non-hydrogen) atoms. The summed E-state index contributed by atoms with van der Waals surface area (Å²) in [7, 11) is 1.86. The molecule has 1 atom stereocenters. The Hall–Kier alpha value is -1.56. The van der Waals surface area contributed by atoms with Crippen molar-refractivity contribution >= 4 is 6.03 Å². The van der Waals surface area contributed by atoms with E-state index in [1.54, 1.807) is 17.8 Å². The van der Waals surface area contributed by atoms with Crippen LogP contribution in [0.3, 0.4) is 0 Å². The smallest absolute Gasteiger partial charge is 0.315 e. The van der Waals surface area contributed by atoms with Gasteiger partial charge in [0.1, 0.15) is 0 Å².